The molecule has 5 heteroatoms. The minimum Gasteiger partial charge on any atom is -0.466 e. The van der Waals surface area contributed by atoms with Gasteiger partial charge < -0.3 is 10.1 Å². The number of hydrogen-bond donors (Lipinski definition) is 1. The van der Waals surface area contributed by atoms with E-state index < -0.39 is 11.9 Å². The summed E-state index contributed by atoms with van der Waals surface area (Å²) in [5.41, 5.74) is 1.70. The van der Waals surface area contributed by atoms with Crippen LogP contribution < -0.4 is 5.32 Å². The lowest BCUT2D eigenvalue weighted by atomic mass is 9.85. The monoisotopic (exact) mass is 291 g/mol. The van der Waals surface area contributed by atoms with E-state index in [0.29, 0.717) is 17.5 Å². The van der Waals surface area contributed by atoms with Crippen LogP contribution in [-0.4, -0.2) is 24.8 Å². The topological polar surface area (TPSA) is 72.5 Å². The maximum absolute atomic E-state index is 11.9. The van der Waals surface area contributed by atoms with E-state index in [0.717, 1.165) is 5.56 Å². The summed E-state index contributed by atoms with van der Waals surface area (Å²) in [6, 6.07) is 5.12. The number of hydrogen-bond acceptors (Lipinski definition) is 4. The molecule has 5 nitrogen and oxygen atoms in total. The molecule has 21 heavy (non-hydrogen) atoms. The van der Waals surface area contributed by atoms with Crippen LogP contribution in [0.5, 0.6) is 0 Å². The molecule has 0 saturated heterocycles. The molecular weight excluding hydrogens is 270 g/mol. The maximum atomic E-state index is 11.9. The summed E-state index contributed by atoms with van der Waals surface area (Å²) in [6.45, 7) is 7.93. The van der Waals surface area contributed by atoms with E-state index in [4.69, 9.17) is 4.74 Å². The highest BCUT2D eigenvalue weighted by Crippen LogP contribution is 2.30. The zero-order valence-corrected chi connectivity index (χ0v) is 12.9. The molecule has 0 fully saturated rings. The summed E-state index contributed by atoms with van der Waals surface area (Å²) in [7, 11) is 0. The van der Waals surface area contributed by atoms with Gasteiger partial charge in [-0.15, -0.1) is 0 Å². The van der Waals surface area contributed by atoms with E-state index in [-0.39, 0.29) is 18.4 Å². The van der Waals surface area contributed by atoms with Gasteiger partial charge in [0.2, 0.25) is 5.91 Å². The summed E-state index contributed by atoms with van der Waals surface area (Å²) < 4.78 is 4.74. The summed E-state index contributed by atoms with van der Waals surface area (Å²) in [4.78, 5) is 34.1. The molecule has 0 aliphatic heterocycles. The van der Waals surface area contributed by atoms with Crippen molar-refractivity contribution < 1.29 is 19.1 Å². The lowest BCUT2D eigenvalue weighted by Gasteiger charge is -2.23. The van der Waals surface area contributed by atoms with Crippen molar-refractivity contribution >= 4 is 23.9 Å². The third-order valence-corrected chi connectivity index (χ3v) is 2.87. The normalized spacial score (nSPS) is 10.9. The highest BCUT2D eigenvalue weighted by atomic mass is 16.5. The maximum Gasteiger partial charge on any atom is 0.315 e. The Bertz CT molecular complexity index is 544. The number of aldehydes is 1. The SMILES string of the molecule is CCOC(=O)CC(=O)Nc1cc(C=O)ccc1C(C)(C)C. The molecule has 0 unspecified atom stereocenters. The number of anilines is 1. The van der Waals surface area contributed by atoms with E-state index in [2.05, 4.69) is 5.32 Å². The fourth-order valence-electron chi connectivity index (χ4n) is 1.93. The molecule has 0 heterocycles. The third kappa shape index (κ3) is 5.02. The molecule has 0 atom stereocenters. The molecule has 1 rings (SSSR count). The molecule has 0 bridgehead atoms. The van der Waals surface area contributed by atoms with Crippen LogP contribution in [0.15, 0.2) is 18.2 Å². The lowest BCUT2D eigenvalue weighted by Crippen LogP contribution is -2.21. The van der Waals surface area contributed by atoms with Crippen molar-refractivity contribution in [2.45, 2.75) is 39.5 Å². The third-order valence-electron chi connectivity index (χ3n) is 2.87. The van der Waals surface area contributed by atoms with Crippen LogP contribution in [0.4, 0.5) is 5.69 Å². The van der Waals surface area contributed by atoms with Crippen molar-refractivity contribution in [3.8, 4) is 0 Å². The Kier molecular flexibility index (Phi) is 5.64. The van der Waals surface area contributed by atoms with E-state index in [1.165, 1.54) is 0 Å². The zero-order chi connectivity index (χ0) is 16.0. The summed E-state index contributed by atoms with van der Waals surface area (Å²) in [5, 5.41) is 2.68. The van der Waals surface area contributed by atoms with E-state index in [1.54, 1.807) is 19.1 Å². The van der Waals surface area contributed by atoms with Gasteiger partial charge in [0.05, 0.1) is 6.61 Å². The molecule has 0 spiro atoms. The van der Waals surface area contributed by atoms with E-state index >= 15 is 0 Å². The number of rotatable bonds is 5. The first-order valence-electron chi connectivity index (χ1n) is 6.83. The van der Waals surface area contributed by atoms with E-state index in [9.17, 15) is 14.4 Å². The van der Waals surface area contributed by atoms with Crippen LogP contribution >= 0.6 is 0 Å². The van der Waals surface area contributed by atoms with Crippen LogP contribution in [0.3, 0.4) is 0 Å². The van der Waals surface area contributed by atoms with Gasteiger partial charge in [-0.2, -0.15) is 0 Å². The van der Waals surface area contributed by atoms with E-state index in [1.807, 2.05) is 26.8 Å². The van der Waals surface area contributed by atoms with Crippen LogP contribution in [0, 0.1) is 0 Å². The van der Waals surface area contributed by atoms with Gasteiger partial charge in [0, 0.05) is 11.3 Å². The minimum atomic E-state index is -0.571. The number of benzene rings is 1. The number of carbonyl (C=O) groups is 3. The Hall–Kier alpha value is -2.17. The Balaban J connectivity index is 2.97. The number of ether oxygens (including phenoxy) is 1. The van der Waals surface area contributed by atoms with Crippen LogP contribution in [0.1, 0.15) is 50.0 Å². The number of amides is 1. The predicted octanol–water partition coefficient (Wildman–Crippen LogP) is 2.69. The molecule has 0 aliphatic rings. The highest BCUT2D eigenvalue weighted by molar-refractivity contribution is 6.02. The standard InChI is InChI=1S/C16H21NO4/c1-5-21-15(20)9-14(19)17-13-8-11(10-18)6-7-12(13)16(2,3)4/h6-8,10H,5,9H2,1-4H3,(H,17,19). The van der Waals surface area contributed by atoms with Gasteiger partial charge >= 0.3 is 5.97 Å². The number of carbonyl (C=O) groups excluding carboxylic acids is 3. The molecule has 1 N–H and O–H groups in total. The van der Waals surface area contributed by atoms with Gasteiger partial charge in [-0.1, -0.05) is 32.9 Å². The molecule has 0 radical (unpaired) electrons. The number of esters is 1. The second-order valence-electron chi connectivity index (χ2n) is 5.70. The second kappa shape index (κ2) is 7.02. The average Bonchev–Trinajstić information content (AvgIpc) is 2.37. The van der Waals surface area contributed by atoms with Gasteiger partial charge in [0.15, 0.2) is 0 Å². The Morgan fingerprint density at radius 1 is 1.29 bits per heavy atom. The van der Waals surface area contributed by atoms with Gasteiger partial charge in [-0.05, 0) is 24.0 Å². The predicted molar refractivity (Wildman–Crippen MR) is 80.4 cm³/mol. The van der Waals surface area contributed by atoms with Crippen molar-refractivity contribution in [1.82, 2.24) is 0 Å². The summed E-state index contributed by atoms with van der Waals surface area (Å²) >= 11 is 0. The highest BCUT2D eigenvalue weighted by Gasteiger charge is 2.20. The smallest absolute Gasteiger partial charge is 0.315 e. The van der Waals surface area contributed by atoms with Crippen molar-refractivity contribution in [2.24, 2.45) is 0 Å². The summed E-state index contributed by atoms with van der Waals surface area (Å²) in [6.07, 6.45) is 0.371. The second-order valence-corrected chi connectivity index (χ2v) is 5.70. The Morgan fingerprint density at radius 2 is 1.95 bits per heavy atom. The van der Waals surface area contributed by atoms with Crippen molar-refractivity contribution in [3.63, 3.8) is 0 Å². The zero-order valence-electron chi connectivity index (χ0n) is 12.9. The molecule has 1 aromatic carbocycles. The van der Waals surface area contributed by atoms with Gasteiger partial charge in [-0.3, -0.25) is 14.4 Å². The first kappa shape index (κ1) is 16.9. The first-order chi connectivity index (χ1) is 9.77. The summed E-state index contributed by atoms with van der Waals surface area (Å²) in [5.74, 6) is -1.03. The fourth-order valence-corrected chi connectivity index (χ4v) is 1.93. The van der Waals surface area contributed by atoms with Crippen LogP contribution in [0.25, 0.3) is 0 Å². The van der Waals surface area contributed by atoms with Crippen molar-refractivity contribution in [2.75, 3.05) is 11.9 Å². The first-order valence-corrected chi connectivity index (χ1v) is 6.83. The Morgan fingerprint density at radius 3 is 2.48 bits per heavy atom. The van der Waals surface area contributed by atoms with Crippen molar-refractivity contribution in [1.29, 1.82) is 0 Å². The molecule has 114 valence electrons. The largest absolute Gasteiger partial charge is 0.466 e. The number of nitrogens with one attached hydrogen (secondary N) is 1. The molecular formula is C16H21NO4. The molecule has 1 amide bonds. The van der Waals surface area contributed by atoms with Gasteiger partial charge in [-0.25, -0.2) is 0 Å². The molecule has 0 aromatic heterocycles. The average molecular weight is 291 g/mol. The molecule has 1 aromatic rings. The fraction of sp³-hybridized carbons (Fsp3) is 0.438. The van der Waals surface area contributed by atoms with Crippen molar-refractivity contribution in [3.05, 3.63) is 29.3 Å². The lowest BCUT2D eigenvalue weighted by molar-refractivity contribution is -0.145. The molecule has 0 saturated carbocycles. The van der Waals surface area contributed by atoms with Gasteiger partial charge in [0.25, 0.3) is 0 Å². The van der Waals surface area contributed by atoms with Crippen LogP contribution in [-0.2, 0) is 19.7 Å². The minimum absolute atomic E-state index is 0.200. The van der Waals surface area contributed by atoms with Gasteiger partial charge in [0.1, 0.15) is 12.7 Å². The Labute approximate surface area is 124 Å². The molecule has 0 aliphatic carbocycles. The van der Waals surface area contributed by atoms with Crippen LogP contribution in [0.2, 0.25) is 0 Å². The quantitative estimate of drug-likeness (QED) is 0.514.